The van der Waals surface area contributed by atoms with Crippen molar-refractivity contribution >= 4 is 17.2 Å². The Hall–Kier alpha value is -0.870. The van der Waals surface area contributed by atoms with Crippen molar-refractivity contribution in [1.29, 1.82) is 0 Å². The molecule has 0 saturated carbocycles. The first kappa shape index (κ1) is 12.2. The monoisotopic (exact) mass is 226 g/mol. The molecule has 0 unspecified atom stereocenters. The van der Waals surface area contributed by atoms with Crippen molar-refractivity contribution in [1.82, 2.24) is 10.2 Å². The SMILES string of the molecule is Cc1ccsc1C(=O)NCCCN(C)C. The summed E-state index contributed by atoms with van der Waals surface area (Å²) in [5, 5.41) is 4.87. The number of rotatable bonds is 5. The van der Waals surface area contributed by atoms with Crippen molar-refractivity contribution in [2.24, 2.45) is 0 Å². The average Bonchev–Trinajstić information content (AvgIpc) is 2.58. The molecule has 1 aromatic heterocycles. The molecule has 0 radical (unpaired) electrons. The molecule has 0 aliphatic heterocycles. The summed E-state index contributed by atoms with van der Waals surface area (Å²) >= 11 is 1.50. The molecule has 1 aromatic rings. The molecule has 0 saturated heterocycles. The number of hydrogen-bond acceptors (Lipinski definition) is 3. The third-order valence-corrected chi connectivity index (χ3v) is 3.15. The molecule has 0 aromatic carbocycles. The van der Waals surface area contributed by atoms with Gasteiger partial charge in [0.15, 0.2) is 0 Å². The van der Waals surface area contributed by atoms with Gasteiger partial charge in [-0.1, -0.05) is 0 Å². The molecule has 1 rings (SSSR count). The van der Waals surface area contributed by atoms with Crippen molar-refractivity contribution < 1.29 is 4.79 Å². The van der Waals surface area contributed by atoms with Crippen LogP contribution in [-0.2, 0) is 0 Å². The van der Waals surface area contributed by atoms with Crippen molar-refractivity contribution in [3.63, 3.8) is 0 Å². The molecule has 84 valence electrons. The zero-order chi connectivity index (χ0) is 11.3. The second-order valence-corrected chi connectivity index (χ2v) is 4.76. The largest absolute Gasteiger partial charge is 0.351 e. The van der Waals surface area contributed by atoms with Crippen molar-refractivity contribution in [2.45, 2.75) is 13.3 Å². The molecule has 0 atom stereocenters. The number of nitrogens with zero attached hydrogens (tertiary/aromatic N) is 1. The van der Waals surface area contributed by atoms with Crippen LogP contribution < -0.4 is 5.32 Å². The molecule has 3 nitrogen and oxygen atoms in total. The quantitative estimate of drug-likeness (QED) is 0.776. The maximum absolute atomic E-state index is 11.7. The predicted molar refractivity (Wildman–Crippen MR) is 64.6 cm³/mol. The minimum atomic E-state index is 0.0567. The summed E-state index contributed by atoms with van der Waals surface area (Å²) in [5.74, 6) is 0.0567. The molecule has 1 heterocycles. The highest BCUT2D eigenvalue weighted by Crippen LogP contribution is 2.14. The topological polar surface area (TPSA) is 32.3 Å². The maximum Gasteiger partial charge on any atom is 0.261 e. The van der Waals surface area contributed by atoms with Gasteiger partial charge >= 0.3 is 0 Å². The maximum atomic E-state index is 11.7. The third kappa shape index (κ3) is 4.01. The van der Waals surface area contributed by atoms with Crippen LogP contribution in [-0.4, -0.2) is 38.0 Å². The molecule has 0 spiro atoms. The fourth-order valence-corrected chi connectivity index (χ4v) is 2.12. The summed E-state index contributed by atoms with van der Waals surface area (Å²) in [5.41, 5.74) is 1.06. The predicted octanol–water partition coefficient (Wildman–Crippen LogP) is 1.74. The first-order chi connectivity index (χ1) is 7.11. The lowest BCUT2D eigenvalue weighted by molar-refractivity contribution is 0.0956. The zero-order valence-electron chi connectivity index (χ0n) is 9.54. The lowest BCUT2D eigenvalue weighted by Gasteiger charge is -2.09. The minimum absolute atomic E-state index is 0.0567. The number of aryl methyl sites for hydroxylation is 1. The van der Waals surface area contributed by atoms with E-state index < -0.39 is 0 Å². The highest BCUT2D eigenvalue weighted by atomic mass is 32.1. The van der Waals surface area contributed by atoms with E-state index in [2.05, 4.69) is 10.2 Å². The first-order valence-corrected chi connectivity index (χ1v) is 5.96. The third-order valence-electron chi connectivity index (χ3n) is 2.14. The Morgan fingerprint density at radius 1 is 1.53 bits per heavy atom. The van der Waals surface area contributed by atoms with Gasteiger partial charge in [-0.05, 0) is 51.0 Å². The summed E-state index contributed by atoms with van der Waals surface area (Å²) < 4.78 is 0. The van der Waals surface area contributed by atoms with E-state index in [1.165, 1.54) is 11.3 Å². The Bertz CT molecular complexity index is 320. The lowest BCUT2D eigenvalue weighted by Crippen LogP contribution is -2.26. The van der Waals surface area contributed by atoms with Crippen LogP contribution in [0.3, 0.4) is 0 Å². The van der Waals surface area contributed by atoms with E-state index >= 15 is 0 Å². The van der Waals surface area contributed by atoms with Gasteiger partial charge in [0.25, 0.3) is 5.91 Å². The number of thiophene rings is 1. The molecule has 1 amide bonds. The fourth-order valence-electron chi connectivity index (χ4n) is 1.28. The molecule has 0 bridgehead atoms. The van der Waals surface area contributed by atoms with Gasteiger partial charge in [0.2, 0.25) is 0 Å². The van der Waals surface area contributed by atoms with E-state index in [9.17, 15) is 4.79 Å². The van der Waals surface area contributed by atoms with Crippen molar-refractivity contribution in [2.75, 3.05) is 27.2 Å². The van der Waals surface area contributed by atoms with Gasteiger partial charge < -0.3 is 10.2 Å². The van der Waals surface area contributed by atoms with E-state index in [1.807, 2.05) is 32.5 Å². The van der Waals surface area contributed by atoms with E-state index in [4.69, 9.17) is 0 Å². The second kappa shape index (κ2) is 5.88. The van der Waals surface area contributed by atoms with Gasteiger partial charge in [-0.15, -0.1) is 11.3 Å². The van der Waals surface area contributed by atoms with Gasteiger partial charge in [-0.25, -0.2) is 0 Å². The van der Waals surface area contributed by atoms with Gasteiger partial charge in [-0.3, -0.25) is 4.79 Å². The molecular formula is C11H18N2OS. The minimum Gasteiger partial charge on any atom is -0.351 e. The van der Waals surface area contributed by atoms with Crippen LogP contribution in [0.1, 0.15) is 21.7 Å². The van der Waals surface area contributed by atoms with Gasteiger partial charge in [0, 0.05) is 6.54 Å². The van der Waals surface area contributed by atoms with Gasteiger partial charge in [-0.2, -0.15) is 0 Å². The van der Waals surface area contributed by atoms with Crippen LogP contribution in [0.15, 0.2) is 11.4 Å². The van der Waals surface area contributed by atoms with Crippen LogP contribution in [0.5, 0.6) is 0 Å². The Morgan fingerprint density at radius 2 is 2.27 bits per heavy atom. The molecule has 0 fully saturated rings. The molecule has 0 aliphatic carbocycles. The van der Waals surface area contributed by atoms with Gasteiger partial charge in [0.1, 0.15) is 0 Å². The molecule has 0 aliphatic rings. The second-order valence-electron chi connectivity index (χ2n) is 3.85. The molecule has 4 heteroatoms. The van der Waals surface area contributed by atoms with Crippen LogP contribution >= 0.6 is 11.3 Å². The van der Waals surface area contributed by atoms with E-state index in [0.29, 0.717) is 0 Å². The van der Waals surface area contributed by atoms with E-state index in [-0.39, 0.29) is 5.91 Å². The number of carbonyl (C=O) groups excluding carboxylic acids is 1. The van der Waals surface area contributed by atoms with Crippen LogP contribution in [0, 0.1) is 6.92 Å². The summed E-state index contributed by atoms with van der Waals surface area (Å²) in [7, 11) is 4.07. The Balaban J connectivity index is 2.28. The average molecular weight is 226 g/mol. The normalized spacial score (nSPS) is 10.7. The molecular weight excluding hydrogens is 208 g/mol. The standard InChI is InChI=1S/C11H18N2OS/c1-9-5-8-15-10(9)11(14)12-6-4-7-13(2)3/h5,8H,4,6-7H2,1-3H3,(H,12,14). The van der Waals surface area contributed by atoms with Crippen LogP contribution in [0.2, 0.25) is 0 Å². The smallest absolute Gasteiger partial charge is 0.261 e. The highest BCUT2D eigenvalue weighted by molar-refractivity contribution is 7.12. The van der Waals surface area contributed by atoms with Crippen molar-refractivity contribution in [3.05, 3.63) is 21.9 Å². The Kier molecular flexibility index (Phi) is 4.78. The lowest BCUT2D eigenvalue weighted by atomic mass is 10.3. The Labute approximate surface area is 95.1 Å². The Morgan fingerprint density at radius 3 is 2.80 bits per heavy atom. The zero-order valence-corrected chi connectivity index (χ0v) is 10.4. The summed E-state index contributed by atoms with van der Waals surface area (Å²) in [6, 6.07) is 1.97. The molecule has 15 heavy (non-hydrogen) atoms. The summed E-state index contributed by atoms with van der Waals surface area (Å²) in [6.45, 7) is 3.71. The summed E-state index contributed by atoms with van der Waals surface area (Å²) in [4.78, 5) is 14.6. The number of amides is 1. The van der Waals surface area contributed by atoms with Gasteiger partial charge in [0.05, 0.1) is 4.88 Å². The first-order valence-electron chi connectivity index (χ1n) is 5.08. The number of hydrogen-bond donors (Lipinski definition) is 1. The van der Waals surface area contributed by atoms with Crippen molar-refractivity contribution in [3.8, 4) is 0 Å². The van der Waals surface area contributed by atoms with E-state index in [1.54, 1.807) is 0 Å². The highest BCUT2D eigenvalue weighted by Gasteiger charge is 2.08. The molecule has 1 N–H and O–H groups in total. The van der Waals surface area contributed by atoms with Crippen LogP contribution in [0.25, 0.3) is 0 Å². The fraction of sp³-hybridized carbons (Fsp3) is 0.545. The summed E-state index contributed by atoms with van der Waals surface area (Å²) in [6.07, 6.45) is 0.989. The number of nitrogens with one attached hydrogen (secondary N) is 1. The van der Waals surface area contributed by atoms with Crippen LogP contribution in [0.4, 0.5) is 0 Å². The number of carbonyl (C=O) groups is 1. The van der Waals surface area contributed by atoms with E-state index in [0.717, 1.165) is 30.0 Å².